The zero-order valence-electron chi connectivity index (χ0n) is 8.44. The van der Waals surface area contributed by atoms with Crippen LogP contribution in [0.1, 0.15) is 20.9 Å². The quantitative estimate of drug-likeness (QED) is 0.795. The molecule has 2 rings (SSSR count). The summed E-state index contributed by atoms with van der Waals surface area (Å²) in [5.74, 6) is 0. The highest BCUT2D eigenvalue weighted by atomic mass is 32.1. The smallest absolute Gasteiger partial charge is 0.297 e. The number of halogens is 3. The fourth-order valence-electron chi connectivity index (χ4n) is 1.33. The molecule has 2 aromatic rings. The zero-order chi connectivity index (χ0) is 12.5. The summed E-state index contributed by atoms with van der Waals surface area (Å²) < 4.78 is 38.0. The summed E-state index contributed by atoms with van der Waals surface area (Å²) in [5, 5.41) is 5.14. The van der Waals surface area contributed by atoms with E-state index in [0.717, 1.165) is 11.6 Å². The molecule has 2 aromatic heterocycles. The molecule has 0 unspecified atom stereocenters. The van der Waals surface area contributed by atoms with Crippen LogP contribution in [0.5, 0.6) is 0 Å². The molecule has 0 amide bonds. The van der Waals surface area contributed by atoms with Gasteiger partial charge in [0.15, 0.2) is 12.0 Å². The molecule has 0 spiro atoms. The van der Waals surface area contributed by atoms with Crippen molar-refractivity contribution >= 4 is 17.6 Å². The van der Waals surface area contributed by atoms with Gasteiger partial charge in [-0.05, 0) is 23.1 Å². The maximum absolute atomic E-state index is 12.3. The van der Waals surface area contributed by atoms with Crippen LogP contribution < -0.4 is 0 Å². The third-order valence-corrected chi connectivity index (χ3v) is 2.97. The summed E-state index contributed by atoms with van der Waals surface area (Å²) in [4.78, 5) is 11.0. The van der Waals surface area contributed by atoms with Crippen molar-refractivity contribution in [2.24, 2.45) is 0 Å². The Labute approximate surface area is 98.5 Å². The van der Waals surface area contributed by atoms with E-state index in [2.05, 4.69) is 5.10 Å². The van der Waals surface area contributed by atoms with Crippen LogP contribution >= 0.6 is 11.3 Å². The number of alkyl halides is 3. The Hall–Kier alpha value is -1.63. The van der Waals surface area contributed by atoms with Gasteiger partial charge in [-0.2, -0.15) is 18.3 Å². The summed E-state index contributed by atoms with van der Waals surface area (Å²) in [7, 11) is 0. The van der Waals surface area contributed by atoms with E-state index in [0.29, 0.717) is 11.2 Å². The van der Waals surface area contributed by atoms with Gasteiger partial charge in [0.25, 0.3) is 0 Å². The van der Waals surface area contributed by atoms with E-state index in [9.17, 15) is 18.0 Å². The maximum Gasteiger partial charge on any atom is 0.435 e. The van der Waals surface area contributed by atoms with Crippen LogP contribution in [-0.4, -0.2) is 16.1 Å². The van der Waals surface area contributed by atoms with Gasteiger partial charge in [-0.15, -0.1) is 11.3 Å². The molecule has 0 saturated heterocycles. The maximum atomic E-state index is 12.3. The Bertz CT molecular complexity index is 530. The number of carbonyl (C=O) groups is 1. The monoisotopic (exact) mass is 260 g/mol. The van der Waals surface area contributed by atoms with Gasteiger partial charge in [0.2, 0.25) is 0 Å². The largest absolute Gasteiger partial charge is 0.435 e. The molecule has 0 aliphatic carbocycles. The highest BCUT2D eigenvalue weighted by molar-refractivity contribution is 7.11. The van der Waals surface area contributed by atoms with Crippen LogP contribution in [0.15, 0.2) is 23.7 Å². The Kier molecular flexibility index (Phi) is 3.01. The first-order chi connectivity index (χ1) is 7.99. The van der Waals surface area contributed by atoms with Crippen molar-refractivity contribution in [1.29, 1.82) is 0 Å². The van der Waals surface area contributed by atoms with Crippen LogP contribution in [0.2, 0.25) is 0 Å². The number of aldehydes is 1. The van der Waals surface area contributed by atoms with E-state index in [1.807, 2.05) is 0 Å². The van der Waals surface area contributed by atoms with Crippen molar-refractivity contribution in [1.82, 2.24) is 9.78 Å². The molecule has 2 heterocycles. The first-order valence-corrected chi connectivity index (χ1v) is 5.50. The highest BCUT2D eigenvalue weighted by Crippen LogP contribution is 2.27. The van der Waals surface area contributed by atoms with Gasteiger partial charge < -0.3 is 0 Å². The van der Waals surface area contributed by atoms with E-state index < -0.39 is 11.9 Å². The first kappa shape index (κ1) is 11.8. The molecule has 0 aromatic carbocycles. The second-order valence-electron chi connectivity index (χ2n) is 3.37. The highest BCUT2D eigenvalue weighted by Gasteiger charge is 2.33. The lowest BCUT2D eigenvalue weighted by Gasteiger charge is -2.01. The third kappa shape index (κ3) is 2.73. The minimum absolute atomic E-state index is 0.223. The molecule has 0 aliphatic heterocycles. The molecule has 7 heteroatoms. The Morgan fingerprint density at radius 2 is 2.24 bits per heavy atom. The van der Waals surface area contributed by atoms with Crippen LogP contribution in [0.25, 0.3) is 0 Å². The standard InChI is InChI=1S/C10H7F3N2OS/c11-10(12,13)9-1-2-15(14-9)4-7-3-8(5-16)17-6-7/h1-3,5-6H,4H2. The minimum atomic E-state index is -4.42. The predicted molar refractivity (Wildman–Crippen MR) is 56.0 cm³/mol. The summed E-state index contributed by atoms with van der Waals surface area (Å²) in [6.45, 7) is 0.223. The molecule has 0 aliphatic rings. The molecular weight excluding hydrogens is 253 g/mol. The van der Waals surface area contributed by atoms with E-state index in [1.54, 1.807) is 11.4 Å². The molecule has 17 heavy (non-hydrogen) atoms. The minimum Gasteiger partial charge on any atom is -0.297 e. The van der Waals surface area contributed by atoms with E-state index in [1.165, 1.54) is 22.2 Å². The molecule has 0 radical (unpaired) electrons. The SMILES string of the molecule is O=Cc1cc(Cn2ccc(C(F)(F)F)n2)cs1. The number of aromatic nitrogens is 2. The third-order valence-electron chi connectivity index (χ3n) is 2.07. The average molecular weight is 260 g/mol. The molecule has 90 valence electrons. The van der Waals surface area contributed by atoms with Gasteiger partial charge in [-0.3, -0.25) is 9.48 Å². The summed E-state index contributed by atoms with van der Waals surface area (Å²) >= 11 is 1.25. The zero-order valence-corrected chi connectivity index (χ0v) is 9.26. The van der Waals surface area contributed by atoms with Gasteiger partial charge in [0.05, 0.1) is 11.4 Å². The van der Waals surface area contributed by atoms with E-state index in [4.69, 9.17) is 0 Å². The van der Waals surface area contributed by atoms with Crippen molar-refractivity contribution in [3.63, 3.8) is 0 Å². The Morgan fingerprint density at radius 3 is 2.76 bits per heavy atom. The number of hydrogen-bond donors (Lipinski definition) is 0. The lowest BCUT2D eigenvalue weighted by Crippen LogP contribution is -2.08. The topological polar surface area (TPSA) is 34.9 Å². The van der Waals surface area contributed by atoms with Crippen molar-refractivity contribution in [2.75, 3.05) is 0 Å². The Balaban J connectivity index is 2.14. The molecule has 0 bridgehead atoms. The summed E-state index contributed by atoms with van der Waals surface area (Å²) in [6.07, 6.45) is -2.45. The molecular formula is C10H7F3N2OS. The number of rotatable bonds is 3. The van der Waals surface area contributed by atoms with Gasteiger partial charge in [-0.25, -0.2) is 0 Å². The van der Waals surface area contributed by atoms with Crippen LogP contribution in [-0.2, 0) is 12.7 Å². The molecule has 0 fully saturated rings. The lowest BCUT2D eigenvalue weighted by atomic mass is 10.3. The summed E-state index contributed by atoms with van der Waals surface area (Å²) in [6, 6.07) is 2.56. The van der Waals surface area contributed by atoms with Crippen molar-refractivity contribution in [3.8, 4) is 0 Å². The second kappa shape index (κ2) is 4.33. The Morgan fingerprint density at radius 1 is 1.47 bits per heavy atom. The van der Waals surface area contributed by atoms with Crippen molar-refractivity contribution in [2.45, 2.75) is 12.7 Å². The predicted octanol–water partition coefficient (Wildman–Crippen LogP) is 2.82. The molecule has 0 N–H and O–H groups in total. The number of thiophene rings is 1. The van der Waals surface area contributed by atoms with Crippen LogP contribution in [0, 0.1) is 0 Å². The van der Waals surface area contributed by atoms with Gasteiger partial charge in [0.1, 0.15) is 0 Å². The normalized spacial score (nSPS) is 11.7. The van der Waals surface area contributed by atoms with Crippen LogP contribution in [0.4, 0.5) is 13.2 Å². The average Bonchev–Trinajstić information content (AvgIpc) is 2.86. The lowest BCUT2D eigenvalue weighted by molar-refractivity contribution is -0.141. The fourth-order valence-corrected chi connectivity index (χ4v) is 2.03. The fraction of sp³-hybridized carbons (Fsp3) is 0.200. The molecule has 3 nitrogen and oxygen atoms in total. The number of hydrogen-bond acceptors (Lipinski definition) is 3. The number of nitrogens with zero attached hydrogens (tertiary/aromatic N) is 2. The first-order valence-electron chi connectivity index (χ1n) is 4.62. The second-order valence-corrected chi connectivity index (χ2v) is 4.31. The van der Waals surface area contributed by atoms with Crippen molar-refractivity contribution in [3.05, 3.63) is 39.8 Å². The van der Waals surface area contributed by atoms with Crippen LogP contribution in [0.3, 0.4) is 0 Å². The molecule has 0 atom stereocenters. The van der Waals surface area contributed by atoms with Gasteiger partial charge >= 0.3 is 6.18 Å². The van der Waals surface area contributed by atoms with Crippen molar-refractivity contribution < 1.29 is 18.0 Å². The van der Waals surface area contributed by atoms with Gasteiger partial charge in [0, 0.05) is 6.20 Å². The van der Waals surface area contributed by atoms with Gasteiger partial charge in [-0.1, -0.05) is 0 Å². The van der Waals surface area contributed by atoms with E-state index in [-0.39, 0.29) is 6.54 Å². The molecule has 0 saturated carbocycles. The number of carbonyl (C=O) groups excluding carboxylic acids is 1. The summed E-state index contributed by atoms with van der Waals surface area (Å²) in [5.41, 5.74) is -0.155. The van der Waals surface area contributed by atoms with E-state index >= 15 is 0 Å².